The van der Waals surface area contributed by atoms with Crippen LogP contribution in [0, 0.1) is 6.92 Å². The van der Waals surface area contributed by atoms with Crippen LogP contribution in [0.3, 0.4) is 0 Å². The molecule has 2 rings (SSSR count). The van der Waals surface area contributed by atoms with Crippen molar-refractivity contribution in [3.8, 4) is 0 Å². The van der Waals surface area contributed by atoms with E-state index in [9.17, 15) is 0 Å². The summed E-state index contributed by atoms with van der Waals surface area (Å²) in [5, 5.41) is 0. The zero-order valence-electron chi connectivity index (χ0n) is 10.9. The van der Waals surface area contributed by atoms with Gasteiger partial charge in [-0.25, -0.2) is 0 Å². The monoisotopic (exact) mass is 233 g/mol. The first-order valence-corrected chi connectivity index (χ1v) is 6.64. The van der Waals surface area contributed by atoms with Crippen LogP contribution in [0.2, 0.25) is 0 Å². The molecule has 1 aliphatic rings. The van der Waals surface area contributed by atoms with Gasteiger partial charge < -0.3 is 5.73 Å². The zero-order valence-corrected chi connectivity index (χ0v) is 10.9. The Morgan fingerprint density at radius 2 is 2.24 bits per heavy atom. The molecular formula is C14H23N3. The van der Waals surface area contributed by atoms with Gasteiger partial charge in [0.1, 0.15) is 0 Å². The fourth-order valence-electron chi connectivity index (χ4n) is 2.40. The molecule has 1 saturated carbocycles. The molecule has 0 spiro atoms. The lowest BCUT2D eigenvalue weighted by atomic mass is 10.1. The number of nitrogens with zero attached hydrogens (tertiary/aromatic N) is 2. The second kappa shape index (κ2) is 5.61. The molecule has 94 valence electrons. The van der Waals surface area contributed by atoms with Crippen molar-refractivity contribution < 1.29 is 0 Å². The molecule has 0 aromatic carbocycles. The summed E-state index contributed by atoms with van der Waals surface area (Å²) in [6, 6.07) is 5.35. The van der Waals surface area contributed by atoms with Crippen LogP contribution in [0.4, 0.5) is 0 Å². The number of aryl methyl sites for hydroxylation is 1. The normalized spacial score (nSPS) is 17.4. The second-order valence-electron chi connectivity index (χ2n) is 4.95. The number of hydrogen-bond donors (Lipinski definition) is 1. The Balaban J connectivity index is 2.15. The van der Waals surface area contributed by atoms with E-state index in [-0.39, 0.29) is 0 Å². The molecule has 17 heavy (non-hydrogen) atoms. The summed E-state index contributed by atoms with van der Waals surface area (Å²) in [5.41, 5.74) is 8.30. The first kappa shape index (κ1) is 12.5. The van der Waals surface area contributed by atoms with Gasteiger partial charge in [-0.1, -0.05) is 13.0 Å². The molecular weight excluding hydrogens is 210 g/mol. The van der Waals surface area contributed by atoms with Gasteiger partial charge in [-0.05, 0) is 44.4 Å². The number of hydrogen-bond acceptors (Lipinski definition) is 3. The summed E-state index contributed by atoms with van der Waals surface area (Å²) < 4.78 is 0. The van der Waals surface area contributed by atoms with Crippen LogP contribution in [0.5, 0.6) is 0 Å². The standard InChI is InChI=1S/C14H23N3/c1-3-8-17(13-6-7-13)14(9-15)12-5-4-11(2)16-10-12/h4-5,10,13-14H,3,6-9,15H2,1-2H3. The summed E-state index contributed by atoms with van der Waals surface area (Å²) >= 11 is 0. The van der Waals surface area contributed by atoms with Gasteiger partial charge in [0.05, 0.1) is 0 Å². The van der Waals surface area contributed by atoms with Crippen molar-refractivity contribution in [2.75, 3.05) is 13.1 Å². The number of nitrogens with two attached hydrogens (primary N) is 1. The van der Waals surface area contributed by atoms with E-state index in [4.69, 9.17) is 5.73 Å². The Morgan fingerprint density at radius 1 is 1.47 bits per heavy atom. The molecule has 0 radical (unpaired) electrons. The van der Waals surface area contributed by atoms with E-state index in [1.54, 1.807) is 0 Å². The average molecular weight is 233 g/mol. The number of rotatable bonds is 6. The van der Waals surface area contributed by atoms with Gasteiger partial charge in [-0.15, -0.1) is 0 Å². The highest BCUT2D eigenvalue weighted by atomic mass is 15.2. The van der Waals surface area contributed by atoms with Crippen molar-refractivity contribution in [1.29, 1.82) is 0 Å². The maximum absolute atomic E-state index is 5.97. The number of pyridine rings is 1. The fraction of sp³-hybridized carbons (Fsp3) is 0.643. The first-order chi connectivity index (χ1) is 8.26. The summed E-state index contributed by atoms with van der Waals surface area (Å²) in [5.74, 6) is 0. The summed E-state index contributed by atoms with van der Waals surface area (Å²) in [6.07, 6.45) is 5.83. The van der Waals surface area contributed by atoms with E-state index in [0.29, 0.717) is 12.6 Å². The lowest BCUT2D eigenvalue weighted by molar-refractivity contribution is 0.191. The van der Waals surface area contributed by atoms with Crippen molar-refractivity contribution in [1.82, 2.24) is 9.88 Å². The molecule has 3 nitrogen and oxygen atoms in total. The molecule has 0 aliphatic heterocycles. The van der Waals surface area contributed by atoms with Gasteiger partial charge in [0, 0.05) is 30.5 Å². The predicted octanol–water partition coefficient (Wildman–Crippen LogP) is 2.26. The molecule has 1 unspecified atom stereocenters. The van der Waals surface area contributed by atoms with Crippen LogP contribution in [0.1, 0.15) is 43.5 Å². The Labute approximate surface area is 104 Å². The van der Waals surface area contributed by atoms with E-state index >= 15 is 0 Å². The third kappa shape index (κ3) is 3.05. The lowest BCUT2D eigenvalue weighted by Gasteiger charge is -2.30. The highest BCUT2D eigenvalue weighted by Crippen LogP contribution is 2.33. The van der Waals surface area contributed by atoms with Crippen LogP contribution < -0.4 is 5.73 Å². The molecule has 1 atom stereocenters. The Kier molecular flexibility index (Phi) is 4.13. The summed E-state index contributed by atoms with van der Waals surface area (Å²) in [7, 11) is 0. The maximum Gasteiger partial charge on any atom is 0.0488 e. The van der Waals surface area contributed by atoms with Crippen molar-refractivity contribution in [2.24, 2.45) is 5.73 Å². The highest BCUT2D eigenvalue weighted by molar-refractivity contribution is 5.18. The van der Waals surface area contributed by atoms with Crippen LogP contribution in [-0.4, -0.2) is 29.0 Å². The van der Waals surface area contributed by atoms with Crippen molar-refractivity contribution in [3.05, 3.63) is 29.6 Å². The molecule has 0 bridgehead atoms. The molecule has 1 heterocycles. The highest BCUT2D eigenvalue weighted by Gasteiger charge is 2.33. The van der Waals surface area contributed by atoms with Gasteiger partial charge in [0.2, 0.25) is 0 Å². The minimum absolute atomic E-state index is 0.343. The Hall–Kier alpha value is -0.930. The molecule has 1 aromatic heterocycles. The van der Waals surface area contributed by atoms with Crippen LogP contribution in [0.15, 0.2) is 18.3 Å². The molecule has 1 aliphatic carbocycles. The minimum Gasteiger partial charge on any atom is -0.329 e. The maximum atomic E-state index is 5.97. The molecule has 1 aromatic rings. The summed E-state index contributed by atoms with van der Waals surface area (Å²) in [4.78, 5) is 6.95. The second-order valence-corrected chi connectivity index (χ2v) is 4.95. The van der Waals surface area contributed by atoms with Crippen LogP contribution >= 0.6 is 0 Å². The van der Waals surface area contributed by atoms with Gasteiger partial charge in [-0.3, -0.25) is 9.88 Å². The Morgan fingerprint density at radius 3 is 2.71 bits per heavy atom. The van der Waals surface area contributed by atoms with Crippen molar-refractivity contribution in [3.63, 3.8) is 0 Å². The van der Waals surface area contributed by atoms with E-state index in [0.717, 1.165) is 18.3 Å². The molecule has 0 saturated heterocycles. The fourth-order valence-corrected chi connectivity index (χ4v) is 2.40. The van der Waals surface area contributed by atoms with Crippen molar-refractivity contribution >= 4 is 0 Å². The summed E-state index contributed by atoms with van der Waals surface area (Å²) in [6.45, 7) is 6.07. The van der Waals surface area contributed by atoms with Crippen LogP contribution in [-0.2, 0) is 0 Å². The largest absolute Gasteiger partial charge is 0.329 e. The molecule has 3 heteroatoms. The van der Waals surface area contributed by atoms with Crippen LogP contribution in [0.25, 0.3) is 0 Å². The molecule has 0 amide bonds. The third-order valence-corrected chi connectivity index (χ3v) is 3.44. The smallest absolute Gasteiger partial charge is 0.0488 e. The van der Waals surface area contributed by atoms with Gasteiger partial charge in [0.15, 0.2) is 0 Å². The minimum atomic E-state index is 0.343. The quantitative estimate of drug-likeness (QED) is 0.819. The molecule has 2 N–H and O–H groups in total. The number of aromatic nitrogens is 1. The van der Waals surface area contributed by atoms with Gasteiger partial charge in [0.25, 0.3) is 0 Å². The van der Waals surface area contributed by atoms with Crippen molar-refractivity contribution in [2.45, 2.75) is 45.2 Å². The SMILES string of the molecule is CCCN(C1CC1)C(CN)c1ccc(C)nc1. The van der Waals surface area contributed by atoms with E-state index in [1.807, 2.05) is 13.1 Å². The van der Waals surface area contributed by atoms with E-state index in [2.05, 4.69) is 28.9 Å². The third-order valence-electron chi connectivity index (χ3n) is 3.44. The zero-order chi connectivity index (χ0) is 12.3. The topological polar surface area (TPSA) is 42.1 Å². The first-order valence-electron chi connectivity index (χ1n) is 6.64. The van der Waals surface area contributed by atoms with E-state index in [1.165, 1.54) is 24.8 Å². The van der Waals surface area contributed by atoms with Gasteiger partial charge >= 0.3 is 0 Å². The van der Waals surface area contributed by atoms with Gasteiger partial charge in [-0.2, -0.15) is 0 Å². The molecule has 1 fully saturated rings. The average Bonchev–Trinajstić information content (AvgIpc) is 3.15. The lowest BCUT2D eigenvalue weighted by Crippen LogP contribution is -2.36. The van der Waals surface area contributed by atoms with E-state index < -0.39 is 0 Å². The predicted molar refractivity (Wildman–Crippen MR) is 70.8 cm³/mol. The Bertz CT molecular complexity index is 343.